The summed E-state index contributed by atoms with van der Waals surface area (Å²) >= 11 is 0. The number of ether oxygens (including phenoxy) is 2. The standard InChI is InChI=1S/C14H26O6/c1-12(6-10-19-13(17)4-2-8-15)7-11-20-14(18)5-3-9-16/h12,15-16H,2-11H2,1H3. The highest BCUT2D eigenvalue weighted by Gasteiger charge is 2.07. The van der Waals surface area contributed by atoms with Gasteiger partial charge in [0.25, 0.3) is 0 Å². The minimum Gasteiger partial charge on any atom is -0.466 e. The molecule has 0 aliphatic rings. The van der Waals surface area contributed by atoms with Crippen LogP contribution in [0, 0.1) is 5.92 Å². The summed E-state index contributed by atoms with van der Waals surface area (Å²) in [5.41, 5.74) is 0. The monoisotopic (exact) mass is 290 g/mol. The van der Waals surface area contributed by atoms with Gasteiger partial charge >= 0.3 is 11.9 Å². The van der Waals surface area contributed by atoms with Gasteiger partial charge in [0.2, 0.25) is 0 Å². The number of esters is 2. The fourth-order valence-electron chi connectivity index (χ4n) is 1.48. The molecule has 0 heterocycles. The average Bonchev–Trinajstić information content (AvgIpc) is 2.42. The molecule has 0 aliphatic heterocycles. The molecule has 2 N–H and O–H groups in total. The maximum absolute atomic E-state index is 11.2. The van der Waals surface area contributed by atoms with Crippen molar-refractivity contribution in [3.8, 4) is 0 Å². The third-order valence-corrected chi connectivity index (χ3v) is 2.83. The molecule has 0 saturated heterocycles. The molecule has 0 aromatic heterocycles. The second kappa shape index (κ2) is 12.9. The minimum absolute atomic E-state index is 0.00679. The van der Waals surface area contributed by atoms with Crippen molar-refractivity contribution < 1.29 is 29.3 Å². The Hall–Kier alpha value is -1.14. The number of hydrogen-bond donors (Lipinski definition) is 2. The van der Waals surface area contributed by atoms with Crippen LogP contribution in [0.15, 0.2) is 0 Å². The van der Waals surface area contributed by atoms with E-state index in [2.05, 4.69) is 0 Å². The number of carbonyl (C=O) groups is 2. The summed E-state index contributed by atoms with van der Waals surface area (Å²) in [5, 5.41) is 17.1. The van der Waals surface area contributed by atoms with Gasteiger partial charge < -0.3 is 19.7 Å². The van der Waals surface area contributed by atoms with Gasteiger partial charge in [-0.3, -0.25) is 9.59 Å². The van der Waals surface area contributed by atoms with Crippen molar-refractivity contribution in [2.75, 3.05) is 26.4 Å². The Morgan fingerprint density at radius 3 is 1.65 bits per heavy atom. The van der Waals surface area contributed by atoms with E-state index in [1.807, 2.05) is 6.92 Å². The Kier molecular flexibility index (Phi) is 12.1. The van der Waals surface area contributed by atoms with Crippen molar-refractivity contribution >= 4 is 11.9 Å². The molecule has 118 valence electrons. The van der Waals surface area contributed by atoms with Crippen molar-refractivity contribution in [2.24, 2.45) is 5.92 Å². The molecule has 6 nitrogen and oxygen atoms in total. The molecule has 0 bridgehead atoms. The maximum Gasteiger partial charge on any atom is 0.305 e. The Balaban J connectivity index is 3.47. The lowest BCUT2D eigenvalue weighted by atomic mass is 10.1. The minimum atomic E-state index is -0.290. The number of aliphatic hydroxyl groups is 2. The molecule has 0 radical (unpaired) electrons. The molecule has 0 spiro atoms. The molecule has 6 heteroatoms. The molecule has 0 amide bonds. The molecular weight excluding hydrogens is 264 g/mol. The van der Waals surface area contributed by atoms with Gasteiger partial charge in [0.15, 0.2) is 0 Å². The van der Waals surface area contributed by atoms with Crippen molar-refractivity contribution in [3.05, 3.63) is 0 Å². The second-order valence-electron chi connectivity index (χ2n) is 4.78. The van der Waals surface area contributed by atoms with Crippen LogP contribution in [0.4, 0.5) is 0 Å². The van der Waals surface area contributed by atoms with Crippen molar-refractivity contribution in [1.82, 2.24) is 0 Å². The first-order valence-corrected chi connectivity index (χ1v) is 7.13. The SMILES string of the molecule is CC(CCOC(=O)CCCO)CCOC(=O)CCCO. The average molecular weight is 290 g/mol. The molecule has 0 rings (SSSR count). The molecule has 0 aromatic carbocycles. The molecule has 0 atom stereocenters. The van der Waals surface area contributed by atoms with Crippen LogP contribution >= 0.6 is 0 Å². The largest absolute Gasteiger partial charge is 0.466 e. The van der Waals surface area contributed by atoms with Gasteiger partial charge in [-0.25, -0.2) is 0 Å². The Morgan fingerprint density at radius 2 is 1.30 bits per heavy atom. The molecule has 0 fully saturated rings. The summed E-state index contributed by atoms with van der Waals surface area (Å²) in [6, 6.07) is 0. The van der Waals surface area contributed by atoms with Crippen LogP contribution in [0.5, 0.6) is 0 Å². The van der Waals surface area contributed by atoms with Crippen LogP contribution in [-0.4, -0.2) is 48.6 Å². The van der Waals surface area contributed by atoms with Gasteiger partial charge in [0, 0.05) is 26.1 Å². The first kappa shape index (κ1) is 18.9. The van der Waals surface area contributed by atoms with Crippen LogP contribution in [0.3, 0.4) is 0 Å². The highest BCUT2D eigenvalue weighted by molar-refractivity contribution is 5.69. The van der Waals surface area contributed by atoms with Crippen LogP contribution in [0.25, 0.3) is 0 Å². The molecule has 0 saturated carbocycles. The first-order chi connectivity index (χ1) is 9.60. The normalized spacial score (nSPS) is 10.6. The summed E-state index contributed by atoms with van der Waals surface area (Å²) in [4.78, 5) is 22.3. The molecule has 0 aromatic rings. The Bertz CT molecular complexity index is 240. The summed E-state index contributed by atoms with van der Waals surface area (Å²) in [6.07, 6.45) is 2.79. The second-order valence-corrected chi connectivity index (χ2v) is 4.78. The van der Waals surface area contributed by atoms with Gasteiger partial charge in [0.05, 0.1) is 13.2 Å². The summed E-state index contributed by atoms with van der Waals surface area (Å²) in [6.45, 7) is 2.69. The van der Waals surface area contributed by atoms with E-state index in [-0.39, 0.29) is 38.0 Å². The van der Waals surface area contributed by atoms with E-state index in [1.165, 1.54) is 0 Å². The summed E-state index contributed by atoms with van der Waals surface area (Å²) in [5.74, 6) is -0.283. The van der Waals surface area contributed by atoms with E-state index in [0.29, 0.717) is 32.0 Å². The Labute approximate surface area is 120 Å². The van der Waals surface area contributed by atoms with E-state index in [1.54, 1.807) is 0 Å². The van der Waals surface area contributed by atoms with E-state index < -0.39 is 0 Å². The molecular formula is C14H26O6. The predicted octanol–water partition coefficient (Wildman–Crippen LogP) is 1.03. The van der Waals surface area contributed by atoms with Crippen LogP contribution in [-0.2, 0) is 19.1 Å². The van der Waals surface area contributed by atoms with Crippen molar-refractivity contribution in [3.63, 3.8) is 0 Å². The highest BCUT2D eigenvalue weighted by atomic mass is 16.5. The van der Waals surface area contributed by atoms with E-state index in [4.69, 9.17) is 19.7 Å². The molecule has 0 unspecified atom stereocenters. The zero-order chi connectivity index (χ0) is 15.2. The van der Waals surface area contributed by atoms with Crippen LogP contribution in [0.2, 0.25) is 0 Å². The van der Waals surface area contributed by atoms with Gasteiger partial charge in [-0.15, -0.1) is 0 Å². The lowest BCUT2D eigenvalue weighted by molar-refractivity contribution is -0.144. The molecule has 0 aliphatic carbocycles. The first-order valence-electron chi connectivity index (χ1n) is 7.13. The number of aliphatic hydroxyl groups excluding tert-OH is 2. The fraction of sp³-hybridized carbons (Fsp3) is 0.857. The number of rotatable bonds is 12. The Morgan fingerprint density at radius 1 is 0.900 bits per heavy atom. The number of carbonyl (C=O) groups excluding carboxylic acids is 2. The van der Waals surface area contributed by atoms with Crippen LogP contribution in [0.1, 0.15) is 45.4 Å². The topological polar surface area (TPSA) is 93.1 Å². The third-order valence-electron chi connectivity index (χ3n) is 2.83. The van der Waals surface area contributed by atoms with Crippen LogP contribution < -0.4 is 0 Å². The van der Waals surface area contributed by atoms with Crippen molar-refractivity contribution in [1.29, 1.82) is 0 Å². The lowest BCUT2D eigenvalue weighted by Crippen LogP contribution is -2.12. The molecule has 20 heavy (non-hydrogen) atoms. The van der Waals surface area contributed by atoms with E-state index in [9.17, 15) is 9.59 Å². The van der Waals surface area contributed by atoms with Crippen molar-refractivity contribution in [2.45, 2.75) is 45.4 Å². The van der Waals surface area contributed by atoms with E-state index >= 15 is 0 Å². The smallest absolute Gasteiger partial charge is 0.305 e. The van der Waals surface area contributed by atoms with Gasteiger partial charge in [-0.05, 0) is 31.6 Å². The van der Waals surface area contributed by atoms with Gasteiger partial charge in [-0.2, -0.15) is 0 Å². The summed E-state index contributed by atoms with van der Waals surface area (Å²) in [7, 11) is 0. The maximum atomic E-state index is 11.2. The predicted molar refractivity (Wildman–Crippen MR) is 73.0 cm³/mol. The fourth-order valence-corrected chi connectivity index (χ4v) is 1.48. The number of hydrogen-bond acceptors (Lipinski definition) is 6. The third kappa shape index (κ3) is 11.9. The lowest BCUT2D eigenvalue weighted by Gasteiger charge is -2.12. The van der Waals surface area contributed by atoms with Gasteiger partial charge in [0.1, 0.15) is 0 Å². The highest BCUT2D eigenvalue weighted by Crippen LogP contribution is 2.08. The summed E-state index contributed by atoms with van der Waals surface area (Å²) < 4.78 is 10.0. The zero-order valence-electron chi connectivity index (χ0n) is 12.2. The van der Waals surface area contributed by atoms with Gasteiger partial charge in [-0.1, -0.05) is 6.92 Å². The zero-order valence-corrected chi connectivity index (χ0v) is 12.2. The van der Waals surface area contributed by atoms with E-state index in [0.717, 1.165) is 12.8 Å². The quantitative estimate of drug-likeness (QED) is 0.522.